The number of nitrogens with zero attached hydrogens (tertiary/aromatic N) is 1. The van der Waals surface area contributed by atoms with Crippen molar-refractivity contribution in [3.63, 3.8) is 0 Å². The van der Waals surface area contributed by atoms with E-state index in [-0.39, 0.29) is 32.9 Å². The van der Waals surface area contributed by atoms with Crippen molar-refractivity contribution in [3.05, 3.63) is 42.2 Å². The summed E-state index contributed by atoms with van der Waals surface area (Å²) >= 11 is 0.275. The van der Waals surface area contributed by atoms with E-state index in [1.54, 1.807) is 12.1 Å². The number of esters is 1. The van der Waals surface area contributed by atoms with Crippen LogP contribution in [0.25, 0.3) is 0 Å². The molecule has 1 amide bonds. The number of carbonyl (C=O) groups is 2. The Morgan fingerprint density at radius 2 is 1.96 bits per heavy atom. The smallest absolute Gasteiger partial charge is 0.355 e. The third-order valence-corrected chi connectivity index (χ3v) is 5.65. The molecule has 0 aliphatic rings. The van der Waals surface area contributed by atoms with Gasteiger partial charge in [0.25, 0.3) is 11.7 Å². The molecule has 8 nitrogen and oxygen atoms in total. The Morgan fingerprint density at radius 3 is 2.61 bits per heavy atom. The molecule has 0 fully saturated rings. The lowest BCUT2D eigenvalue weighted by atomic mass is 10.3. The fraction of sp³-hybridized carbons (Fsp3) is 0.250. The quantitative estimate of drug-likeness (QED) is 0.488. The third-order valence-electron chi connectivity index (χ3n) is 3.48. The number of amides is 1. The molecular weight excluding hydrogens is 416 g/mol. The summed E-state index contributed by atoms with van der Waals surface area (Å²) in [6.07, 6.45) is 1.22. The molecule has 0 unspecified atom stereocenters. The number of benzene rings is 1. The van der Waals surface area contributed by atoms with Crippen molar-refractivity contribution in [1.29, 1.82) is 0 Å². The number of anilines is 1. The summed E-state index contributed by atoms with van der Waals surface area (Å²) in [5.41, 5.74) is 0.0883. The van der Waals surface area contributed by atoms with Crippen LogP contribution in [0.3, 0.4) is 0 Å². The number of aromatic nitrogens is 1. The van der Waals surface area contributed by atoms with E-state index >= 15 is 0 Å². The Bertz CT molecular complexity index is 976. The van der Waals surface area contributed by atoms with Gasteiger partial charge in [-0.15, -0.1) is 0 Å². The van der Waals surface area contributed by atoms with Gasteiger partial charge in [-0.25, -0.2) is 17.9 Å². The van der Waals surface area contributed by atoms with Crippen LogP contribution in [-0.4, -0.2) is 44.3 Å². The number of ether oxygens (including phenoxy) is 1. The molecule has 0 bridgehead atoms. The maximum Gasteiger partial charge on any atom is 0.355 e. The van der Waals surface area contributed by atoms with Gasteiger partial charge >= 0.3 is 5.97 Å². The summed E-state index contributed by atoms with van der Waals surface area (Å²) in [5, 5.41) is 2.39. The van der Waals surface area contributed by atoms with Gasteiger partial charge in [-0.05, 0) is 25.2 Å². The topological polar surface area (TPSA) is 106 Å². The average Bonchev–Trinajstić information content (AvgIpc) is 3.03. The first-order valence-corrected chi connectivity index (χ1v) is 10.1. The maximum absolute atomic E-state index is 12.6. The summed E-state index contributed by atoms with van der Waals surface area (Å²) in [7, 11) is -1.06. The van der Waals surface area contributed by atoms with Gasteiger partial charge in [0.2, 0.25) is 10.0 Å². The van der Waals surface area contributed by atoms with Crippen LogP contribution in [-0.2, 0) is 26.6 Å². The minimum absolute atomic E-state index is 0.0738. The molecule has 152 valence electrons. The minimum Gasteiger partial charge on any atom is -0.451 e. The zero-order chi connectivity index (χ0) is 20.9. The molecule has 0 aliphatic heterocycles. The zero-order valence-electron chi connectivity index (χ0n) is 14.8. The van der Waals surface area contributed by atoms with E-state index in [1.165, 1.54) is 37.0 Å². The van der Waals surface area contributed by atoms with Crippen molar-refractivity contribution < 1.29 is 31.5 Å². The predicted molar refractivity (Wildman–Crippen MR) is 98.9 cm³/mol. The average molecular weight is 433 g/mol. The first-order valence-electron chi connectivity index (χ1n) is 7.74. The van der Waals surface area contributed by atoms with E-state index in [4.69, 9.17) is 4.74 Å². The number of para-hydroxylation sites is 1. The fourth-order valence-corrected chi connectivity index (χ4v) is 3.56. The molecule has 2 aromatic rings. The Hall–Kier alpha value is -2.44. The van der Waals surface area contributed by atoms with Gasteiger partial charge in [0.1, 0.15) is 10.6 Å². The second-order valence-corrected chi connectivity index (χ2v) is 8.30. The lowest BCUT2D eigenvalue weighted by Crippen LogP contribution is -2.22. The number of rotatable bonds is 8. The molecule has 1 aromatic carbocycles. The van der Waals surface area contributed by atoms with Gasteiger partial charge in [0.05, 0.1) is 5.69 Å². The van der Waals surface area contributed by atoms with Gasteiger partial charge in [0.15, 0.2) is 6.61 Å². The number of alkyl halides is 2. The van der Waals surface area contributed by atoms with Crippen LogP contribution in [0.1, 0.15) is 10.5 Å². The van der Waals surface area contributed by atoms with Crippen LogP contribution in [0, 0.1) is 0 Å². The standard InChI is InChI=1S/C16H17F2N3O5S2/c1-19-28(24,25)10-7-12(21(2)8-10)15(23)26-9-14(22)20-11-5-3-4-6-13(11)27-16(17)18/h3-8,16,19H,9H2,1-2H3,(H,20,22). The highest BCUT2D eigenvalue weighted by Gasteiger charge is 2.21. The number of nitrogens with one attached hydrogen (secondary N) is 2. The van der Waals surface area contributed by atoms with Gasteiger partial charge in [-0.1, -0.05) is 23.9 Å². The Labute approximate surface area is 164 Å². The summed E-state index contributed by atoms with van der Waals surface area (Å²) in [4.78, 5) is 24.1. The second kappa shape index (κ2) is 9.17. The number of hydrogen-bond donors (Lipinski definition) is 2. The monoisotopic (exact) mass is 433 g/mol. The van der Waals surface area contributed by atoms with Crippen molar-refractivity contribution in [3.8, 4) is 0 Å². The molecule has 0 saturated carbocycles. The highest BCUT2D eigenvalue weighted by molar-refractivity contribution is 7.99. The van der Waals surface area contributed by atoms with Crippen LogP contribution in [0.4, 0.5) is 14.5 Å². The van der Waals surface area contributed by atoms with Crippen LogP contribution in [0.2, 0.25) is 0 Å². The molecule has 0 aliphatic carbocycles. The number of carbonyl (C=O) groups excluding carboxylic acids is 2. The molecule has 12 heteroatoms. The van der Waals surface area contributed by atoms with Crippen LogP contribution in [0.5, 0.6) is 0 Å². The van der Waals surface area contributed by atoms with Crippen molar-refractivity contribution in [2.75, 3.05) is 19.0 Å². The number of halogens is 2. The molecule has 2 rings (SSSR count). The van der Waals surface area contributed by atoms with Crippen molar-refractivity contribution in [1.82, 2.24) is 9.29 Å². The molecule has 1 heterocycles. The number of thioether (sulfide) groups is 1. The van der Waals surface area contributed by atoms with E-state index < -0.39 is 34.3 Å². The van der Waals surface area contributed by atoms with Gasteiger partial charge in [0, 0.05) is 18.1 Å². The first-order chi connectivity index (χ1) is 13.1. The summed E-state index contributed by atoms with van der Waals surface area (Å²) in [6, 6.07) is 7.08. The molecule has 1 aromatic heterocycles. The van der Waals surface area contributed by atoms with Crippen LogP contribution < -0.4 is 10.0 Å². The van der Waals surface area contributed by atoms with Crippen molar-refractivity contribution in [2.24, 2.45) is 7.05 Å². The van der Waals surface area contributed by atoms with Gasteiger partial charge in [-0.2, -0.15) is 8.78 Å². The Kier molecular flexibility index (Phi) is 7.16. The van der Waals surface area contributed by atoms with Crippen molar-refractivity contribution in [2.45, 2.75) is 15.5 Å². The number of aryl methyl sites for hydroxylation is 1. The number of sulfonamides is 1. The summed E-state index contributed by atoms with van der Waals surface area (Å²) < 4.78 is 56.9. The molecule has 0 spiro atoms. The van der Waals surface area contributed by atoms with E-state index in [0.717, 1.165) is 6.07 Å². The largest absolute Gasteiger partial charge is 0.451 e. The SMILES string of the molecule is CNS(=O)(=O)c1cc(C(=O)OCC(=O)Nc2ccccc2SC(F)F)n(C)c1. The molecular formula is C16H17F2N3O5S2. The third kappa shape index (κ3) is 5.53. The van der Waals surface area contributed by atoms with Gasteiger partial charge in [-0.3, -0.25) is 4.79 Å². The van der Waals surface area contributed by atoms with E-state index in [2.05, 4.69) is 10.0 Å². The molecule has 28 heavy (non-hydrogen) atoms. The lowest BCUT2D eigenvalue weighted by Gasteiger charge is -2.10. The molecule has 0 radical (unpaired) electrons. The highest BCUT2D eigenvalue weighted by atomic mass is 32.2. The Balaban J connectivity index is 2.01. The molecule has 2 N–H and O–H groups in total. The van der Waals surface area contributed by atoms with E-state index in [0.29, 0.717) is 0 Å². The molecule has 0 atom stereocenters. The number of hydrogen-bond acceptors (Lipinski definition) is 6. The second-order valence-electron chi connectivity index (χ2n) is 5.38. The first kappa shape index (κ1) is 21.9. The summed E-state index contributed by atoms with van der Waals surface area (Å²) in [5.74, 6) is -4.30. The van der Waals surface area contributed by atoms with Crippen molar-refractivity contribution >= 4 is 39.3 Å². The Morgan fingerprint density at radius 1 is 1.29 bits per heavy atom. The lowest BCUT2D eigenvalue weighted by molar-refractivity contribution is -0.119. The van der Waals surface area contributed by atoms with Crippen LogP contribution >= 0.6 is 11.8 Å². The fourth-order valence-electron chi connectivity index (χ4n) is 2.16. The van der Waals surface area contributed by atoms with Crippen LogP contribution in [0.15, 0.2) is 46.3 Å². The maximum atomic E-state index is 12.6. The molecule has 0 saturated heterocycles. The zero-order valence-corrected chi connectivity index (χ0v) is 16.4. The van der Waals surface area contributed by atoms with E-state index in [1.807, 2.05) is 0 Å². The highest BCUT2D eigenvalue weighted by Crippen LogP contribution is 2.31. The summed E-state index contributed by atoms with van der Waals surface area (Å²) in [6.45, 7) is -0.675. The normalized spacial score (nSPS) is 11.5. The van der Waals surface area contributed by atoms with E-state index in [9.17, 15) is 26.8 Å². The predicted octanol–water partition coefficient (Wildman–Crippen LogP) is 2.04. The van der Waals surface area contributed by atoms with Gasteiger partial charge < -0.3 is 14.6 Å². The minimum atomic E-state index is -3.74.